The van der Waals surface area contributed by atoms with Crippen molar-refractivity contribution in [2.45, 2.75) is 49.5 Å². The van der Waals surface area contributed by atoms with E-state index in [9.17, 15) is 5.11 Å². The van der Waals surface area contributed by atoms with Crippen molar-refractivity contribution in [1.29, 1.82) is 0 Å². The van der Waals surface area contributed by atoms with Gasteiger partial charge < -0.3 is 5.11 Å². The lowest BCUT2D eigenvalue weighted by Crippen LogP contribution is -1.93. The molecule has 0 spiro atoms. The molecule has 0 saturated heterocycles. The van der Waals surface area contributed by atoms with Gasteiger partial charge in [-0.2, -0.15) is 0 Å². The molecule has 0 fully saturated rings. The van der Waals surface area contributed by atoms with Crippen molar-refractivity contribution >= 4 is 11.8 Å². The molecule has 0 amide bonds. The Hall–Kier alpha value is -1.25. The molecule has 1 N–H and O–H groups in total. The number of benzene rings is 2. The van der Waals surface area contributed by atoms with Gasteiger partial charge in [0.2, 0.25) is 0 Å². The lowest BCUT2D eigenvalue weighted by Gasteiger charge is -2.13. The fourth-order valence-electron chi connectivity index (χ4n) is 2.19. The van der Waals surface area contributed by atoms with Gasteiger partial charge in [0.15, 0.2) is 0 Å². The fraction of sp³-hybridized carbons (Fsp3) is 0.333. The number of aryl methyl sites for hydroxylation is 1. The SMILES string of the molecule is CCc1cc(C(C)C)ccc1Sc1ccccc1CO. The number of hydrogen-bond acceptors (Lipinski definition) is 2. The molecule has 0 heterocycles. The summed E-state index contributed by atoms with van der Waals surface area (Å²) in [6.07, 6.45) is 1.03. The number of hydrogen-bond donors (Lipinski definition) is 1. The molecule has 2 aromatic carbocycles. The molecule has 0 aliphatic carbocycles. The zero-order chi connectivity index (χ0) is 14.5. The van der Waals surface area contributed by atoms with Crippen molar-refractivity contribution in [3.63, 3.8) is 0 Å². The molecule has 2 heteroatoms. The topological polar surface area (TPSA) is 20.2 Å². The number of aliphatic hydroxyl groups is 1. The molecule has 0 saturated carbocycles. The number of rotatable bonds is 5. The lowest BCUT2D eigenvalue weighted by molar-refractivity contribution is 0.279. The predicted octanol–water partition coefficient (Wildman–Crippen LogP) is 5.02. The van der Waals surface area contributed by atoms with E-state index < -0.39 is 0 Å². The molecule has 0 unspecified atom stereocenters. The van der Waals surface area contributed by atoms with Crippen LogP contribution in [-0.4, -0.2) is 5.11 Å². The van der Waals surface area contributed by atoms with Gasteiger partial charge >= 0.3 is 0 Å². The van der Waals surface area contributed by atoms with E-state index in [1.165, 1.54) is 16.0 Å². The first kappa shape index (κ1) is 15.1. The summed E-state index contributed by atoms with van der Waals surface area (Å²) in [6.45, 7) is 6.74. The van der Waals surface area contributed by atoms with Crippen LogP contribution in [-0.2, 0) is 13.0 Å². The minimum absolute atomic E-state index is 0.0920. The minimum Gasteiger partial charge on any atom is -0.392 e. The van der Waals surface area contributed by atoms with E-state index in [-0.39, 0.29) is 6.61 Å². The van der Waals surface area contributed by atoms with Crippen LogP contribution < -0.4 is 0 Å². The maximum atomic E-state index is 9.43. The summed E-state index contributed by atoms with van der Waals surface area (Å²) >= 11 is 1.75. The van der Waals surface area contributed by atoms with Crippen LogP contribution in [0.3, 0.4) is 0 Å². The Bertz CT molecular complexity index is 575. The molecule has 0 bridgehead atoms. The standard InChI is InChI=1S/C18H22OS/c1-4-14-11-15(13(2)3)9-10-18(14)20-17-8-6-5-7-16(17)12-19/h5-11,13,19H,4,12H2,1-3H3. The Kier molecular flexibility index (Phi) is 5.27. The van der Waals surface area contributed by atoms with Crippen molar-refractivity contribution in [3.05, 3.63) is 59.2 Å². The van der Waals surface area contributed by atoms with Crippen molar-refractivity contribution in [3.8, 4) is 0 Å². The first-order valence-electron chi connectivity index (χ1n) is 7.15. The monoisotopic (exact) mass is 286 g/mol. The maximum absolute atomic E-state index is 9.43. The van der Waals surface area contributed by atoms with Crippen LogP contribution >= 0.6 is 11.8 Å². The Labute approximate surface area is 126 Å². The van der Waals surface area contributed by atoms with Gasteiger partial charge in [-0.05, 0) is 41.2 Å². The Morgan fingerprint density at radius 1 is 1.00 bits per heavy atom. The maximum Gasteiger partial charge on any atom is 0.0692 e. The quantitative estimate of drug-likeness (QED) is 0.833. The van der Waals surface area contributed by atoms with E-state index in [0.29, 0.717) is 5.92 Å². The van der Waals surface area contributed by atoms with E-state index in [1.807, 2.05) is 18.2 Å². The van der Waals surface area contributed by atoms with Gasteiger partial charge in [0, 0.05) is 9.79 Å². The highest BCUT2D eigenvalue weighted by molar-refractivity contribution is 7.99. The van der Waals surface area contributed by atoms with E-state index in [2.05, 4.69) is 45.0 Å². The normalized spacial score (nSPS) is 11.1. The van der Waals surface area contributed by atoms with Gasteiger partial charge in [0.05, 0.1) is 6.61 Å². The molecule has 1 nitrogen and oxygen atoms in total. The second-order valence-electron chi connectivity index (χ2n) is 5.24. The Morgan fingerprint density at radius 2 is 1.70 bits per heavy atom. The lowest BCUT2D eigenvalue weighted by atomic mass is 10.00. The fourth-order valence-corrected chi connectivity index (χ4v) is 3.30. The molecule has 0 atom stereocenters. The van der Waals surface area contributed by atoms with Gasteiger partial charge in [-0.1, -0.05) is 62.9 Å². The van der Waals surface area contributed by atoms with E-state index in [4.69, 9.17) is 0 Å². The molecular weight excluding hydrogens is 264 g/mol. The van der Waals surface area contributed by atoms with Crippen molar-refractivity contribution in [1.82, 2.24) is 0 Å². The zero-order valence-corrected chi connectivity index (χ0v) is 13.2. The summed E-state index contributed by atoms with van der Waals surface area (Å²) in [4.78, 5) is 2.43. The highest BCUT2D eigenvalue weighted by Gasteiger charge is 2.09. The minimum atomic E-state index is 0.0920. The summed E-state index contributed by atoms with van der Waals surface area (Å²) in [5, 5.41) is 9.43. The Balaban J connectivity index is 2.33. The number of aliphatic hydroxyl groups excluding tert-OH is 1. The molecule has 0 aliphatic heterocycles. The van der Waals surface area contributed by atoms with Crippen molar-refractivity contribution < 1.29 is 5.11 Å². The van der Waals surface area contributed by atoms with Crippen LogP contribution in [0.25, 0.3) is 0 Å². The smallest absolute Gasteiger partial charge is 0.0692 e. The molecule has 0 radical (unpaired) electrons. The first-order chi connectivity index (χ1) is 9.65. The van der Waals surface area contributed by atoms with Crippen LogP contribution in [0.5, 0.6) is 0 Å². The van der Waals surface area contributed by atoms with E-state index >= 15 is 0 Å². The Morgan fingerprint density at radius 3 is 2.35 bits per heavy atom. The summed E-state index contributed by atoms with van der Waals surface area (Å²) < 4.78 is 0. The van der Waals surface area contributed by atoms with Gasteiger partial charge in [-0.25, -0.2) is 0 Å². The molecule has 2 aromatic rings. The first-order valence-corrected chi connectivity index (χ1v) is 7.96. The van der Waals surface area contributed by atoms with E-state index in [0.717, 1.165) is 16.9 Å². The molecule has 0 aromatic heterocycles. The summed E-state index contributed by atoms with van der Waals surface area (Å²) in [5.41, 5.74) is 3.77. The molecule has 2 rings (SSSR count). The van der Waals surface area contributed by atoms with Crippen LogP contribution in [0.15, 0.2) is 52.3 Å². The van der Waals surface area contributed by atoms with Crippen LogP contribution in [0.2, 0.25) is 0 Å². The van der Waals surface area contributed by atoms with Crippen LogP contribution in [0, 0.1) is 0 Å². The highest BCUT2D eigenvalue weighted by atomic mass is 32.2. The summed E-state index contributed by atoms with van der Waals surface area (Å²) in [7, 11) is 0. The largest absolute Gasteiger partial charge is 0.392 e. The van der Waals surface area contributed by atoms with Crippen LogP contribution in [0.1, 0.15) is 43.4 Å². The molecule has 20 heavy (non-hydrogen) atoms. The van der Waals surface area contributed by atoms with Crippen molar-refractivity contribution in [2.24, 2.45) is 0 Å². The second kappa shape index (κ2) is 6.96. The average Bonchev–Trinajstić information content (AvgIpc) is 2.48. The second-order valence-corrected chi connectivity index (χ2v) is 6.33. The van der Waals surface area contributed by atoms with Gasteiger partial charge in [0.25, 0.3) is 0 Å². The zero-order valence-electron chi connectivity index (χ0n) is 12.4. The third-order valence-electron chi connectivity index (χ3n) is 3.49. The molecular formula is C18H22OS. The van der Waals surface area contributed by atoms with Crippen LogP contribution in [0.4, 0.5) is 0 Å². The third-order valence-corrected chi connectivity index (χ3v) is 4.73. The summed E-state index contributed by atoms with van der Waals surface area (Å²) in [5.74, 6) is 0.559. The molecule has 0 aliphatic rings. The van der Waals surface area contributed by atoms with Crippen molar-refractivity contribution in [2.75, 3.05) is 0 Å². The van der Waals surface area contributed by atoms with E-state index in [1.54, 1.807) is 11.8 Å². The van der Waals surface area contributed by atoms with Gasteiger partial charge in [-0.3, -0.25) is 0 Å². The third kappa shape index (κ3) is 3.44. The highest BCUT2D eigenvalue weighted by Crippen LogP contribution is 2.34. The average molecular weight is 286 g/mol. The molecule has 106 valence electrons. The van der Waals surface area contributed by atoms with Gasteiger partial charge in [0.1, 0.15) is 0 Å². The van der Waals surface area contributed by atoms with Gasteiger partial charge in [-0.15, -0.1) is 0 Å². The summed E-state index contributed by atoms with van der Waals surface area (Å²) in [6, 6.07) is 14.8. The predicted molar refractivity (Wildman–Crippen MR) is 86.4 cm³/mol.